The van der Waals surface area contributed by atoms with E-state index in [0.29, 0.717) is 6.42 Å². The van der Waals surface area contributed by atoms with Crippen LogP contribution < -0.4 is 0 Å². The highest BCUT2D eigenvalue weighted by Crippen LogP contribution is 2.14. The summed E-state index contributed by atoms with van der Waals surface area (Å²) in [6.45, 7) is 4.22. The van der Waals surface area contributed by atoms with Crippen LogP contribution in [0.15, 0.2) is 11.6 Å². The molecule has 0 aromatic carbocycles. The summed E-state index contributed by atoms with van der Waals surface area (Å²) in [5.74, 6) is 0. The molecule has 14 heavy (non-hydrogen) atoms. The van der Waals surface area contributed by atoms with Crippen molar-refractivity contribution in [1.82, 2.24) is 0 Å². The van der Waals surface area contributed by atoms with E-state index in [4.69, 9.17) is 4.74 Å². The fourth-order valence-corrected chi connectivity index (χ4v) is 1.48. The molecule has 0 radical (unpaired) electrons. The van der Waals surface area contributed by atoms with Gasteiger partial charge in [-0.3, -0.25) is 0 Å². The molecule has 0 aliphatic carbocycles. The number of carbonyl (C=O) groups is 1. The van der Waals surface area contributed by atoms with Crippen LogP contribution in [0, 0.1) is 0 Å². The molecule has 0 aromatic heterocycles. The largest absolute Gasteiger partial charge is 0.377 e. The molecule has 0 saturated carbocycles. The molecule has 0 N–H and O–H groups in total. The standard InChI is InChI=1S/C12H22O2/c1-4-5-6-9-12(14-3)11(2)8-7-10-13/h8,10,12H,4-7,9H2,1-3H3. The quantitative estimate of drug-likeness (QED) is 0.340. The van der Waals surface area contributed by atoms with E-state index in [1.807, 2.05) is 13.0 Å². The molecule has 0 heterocycles. The molecule has 0 saturated heterocycles. The van der Waals surface area contributed by atoms with Gasteiger partial charge in [0, 0.05) is 13.5 Å². The van der Waals surface area contributed by atoms with Gasteiger partial charge < -0.3 is 9.53 Å². The maximum absolute atomic E-state index is 10.2. The van der Waals surface area contributed by atoms with Crippen LogP contribution in [0.25, 0.3) is 0 Å². The lowest BCUT2D eigenvalue weighted by atomic mass is 10.0. The Balaban J connectivity index is 3.91. The Morgan fingerprint density at radius 2 is 2.14 bits per heavy atom. The molecule has 1 unspecified atom stereocenters. The third-order valence-corrected chi connectivity index (χ3v) is 2.40. The number of carbonyl (C=O) groups excluding carboxylic acids is 1. The Morgan fingerprint density at radius 3 is 2.64 bits per heavy atom. The molecule has 1 atom stereocenters. The lowest BCUT2D eigenvalue weighted by Crippen LogP contribution is -2.12. The first-order chi connectivity index (χ1) is 6.76. The summed E-state index contributed by atoms with van der Waals surface area (Å²) >= 11 is 0. The fraction of sp³-hybridized carbons (Fsp3) is 0.750. The van der Waals surface area contributed by atoms with Crippen molar-refractivity contribution < 1.29 is 9.53 Å². The number of allylic oxidation sites excluding steroid dienone is 1. The Bertz CT molecular complexity index is 173. The molecule has 2 nitrogen and oxygen atoms in total. The number of rotatable bonds is 8. The van der Waals surface area contributed by atoms with Gasteiger partial charge in [0.05, 0.1) is 6.10 Å². The minimum Gasteiger partial charge on any atom is -0.377 e. The van der Waals surface area contributed by atoms with E-state index in [0.717, 1.165) is 12.7 Å². The third kappa shape index (κ3) is 5.92. The first kappa shape index (κ1) is 13.4. The van der Waals surface area contributed by atoms with Gasteiger partial charge in [-0.05, 0) is 18.9 Å². The summed E-state index contributed by atoms with van der Waals surface area (Å²) in [5.41, 5.74) is 1.18. The van der Waals surface area contributed by atoms with Crippen LogP contribution in [0.4, 0.5) is 0 Å². The van der Waals surface area contributed by atoms with Gasteiger partial charge in [0.25, 0.3) is 0 Å². The maximum Gasteiger partial charge on any atom is 0.123 e. The monoisotopic (exact) mass is 198 g/mol. The molecule has 0 spiro atoms. The first-order valence-electron chi connectivity index (χ1n) is 5.39. The van der Waals surface area contributed by atoms with E-state index in [1.54, 1.807) is 7.11 Å². The summed E-state index contributed by atoms with van der Waals surface area (Å²) < 4.78 is 5.37. The van der Waals surface area contributed by atoms with E-state index in [2.05, 4.69) is 6.92 Å². The van der Waals surface area contributed by atoms with E-state index < -0.39 is 0 Å². The highest BCUT2D eigenvalue weighted by atomic mass is 16.5. The molecule has 2 heteroatoms. The maximum atomic E-state index is 10.2. The number of hydrogen-bond donors (Lipinski definition) is 0. The molecule has 0 amide bonds. The van der Waals surface area contributed by atoms with Crippen molar-refractivity contribution in [2.24, 2.45) is 0 Å². The van der Waals surface area contributed by atoms with Crippen LogP contribution >= 0.6 is 0 Å². The van der Waals surface area contributed by atoms with Crippen LogP contribution in [-0.2, 0) is 9.53 Å². The minimum absolute atomic E-state index is 0.196. The molecule has 0 aliphatic heterocycles. The first-order valence-corrected chi connectivity index (χ1v) is 5.39. The lowest BCUT2D eigenvalue weighted by Gasteiger charge is -2.15. The third-order valence-electron chi connectivity index (χ3n) is 2.40. The number of unbranched alkanes of at least 4 members (excludes halogenated alkanes) is 2. The Kier molecular flexibility index (Phi) is 8.54. The molecule has 0 aromatic rings. The van der Waals surface area contributed by atoms with Gasteiger partial charge in [0.2, 0.25) is 0 Å². The smallest absolute Gasteiger partial charge is 0.123 e. The van der Waals surface area contributed by atoms with Gasteiger partial charge in [-0.25, -0.2) is 0 Å². The number of methoxy groups -OCH3 is 1. The van der Waals surface area contributed by atoms with E-state index in [-0.39, 0.29) is 6.10 Å². The van der Waals surface area contributed by atoms with Crippen LogP contribution in [0.5, 0.6) is 0 Å². The second-order valence-corrected chi connectivity index (χ2v) is 3.57. The molecular weight excluding hydrogens is 176 g/mol. The van der Waals surface area contributed by atoms with Crippen molar-refractivity contribution in [2.75, 3.05) is 7.11 Å². The zero-order valence-electron chi connectivity index (χ0n) is 9.58. The summed E-state index contributed by atoms with van der Waals surface area (Å²) in [6.07, 6.45) is 8.30. The number of aldehydes is 1. The van der Waals surface area contributed by atoms with Crippen molar-refractivity contribution in [2.45, 2.75) is 52.1 Å². The molecule has 0 rings (SSSR count). The molecular formula is C12H22O2. The van der Waals surface area contributed by atoms with Gasteiger partial charge >= 0.3 is 0 Å². The topological polar surface area (TPSA) is 26.3 Å². The average Bonchev–Trinajstić information content (AvgIpc) is 2.21. The Labute approximate surface area is 87.3 Å². The predicted molar refractivity (Wildman–Crippen MR) is 59.4 cm³/mol. The Hall–Kier alpha value is -0.630. The van der Waals surface area contributed by atoms with Crippen LogP contribution in [-0.4, -0.2) is 19.5 Å². The Morgan fingerprint density at radius 1 is 1.43 bits per heavy atom. The fourth-order valence-electron chi connectivity index (χ4n) is 1.48. The van der Waals surface area contributed by atoms with Crippen LogP contribution in [0.3, 0.4) is 0 Å². The van der Waals surface area contributed by atoms with Crippen molar-refractivity contribution >= 4 is 6.29 Å². The van der Waals surface area contributed by atoms with Crippen LogP contribution in [0.1, 0.15) is 46.0 Å². The minimum atomic E-state index is 0.196. The van der Waals surface area contributed by atoms with Gasteiger partial charge in [-0.2, -0.15) is 0 Å². The van der Waals surface area contributed by atoms with Gasteiger partial charge in [0.1, 0.15) is 6.29 Å². The summed E-state index contributed by atoms with van der Waals surface area (Å²) in [6, 6.07) is 0. The second kappa shape index (κ2) is 8.95. The van der Waals surface area contributed by atoms with Crippen molar-refractivity contribution in [3.8, 4) is 0 Å². The highest BCUT2D eigenvalue weighted by molar-refractivity contribution is 5.52. The van der Waals surface area contributed by atoms with Crippen molar-refractivity contribution in [3.05, 3.63) is 11.6 Å². The molecule has 82 valence electrons. The van der Waals surface area contributed by atoms with Gasteiger partial charge in [-0.1, -0.05) is 32.3 Å². The van der Waals surface area contributed by atoms with Crippen molar-refractivity contribution in [1.29, 1.82) is 0 Å². The van der Waals surface area contributed by atoms with E-state index in [1.165, 1.54) is 24.8 Å². The van der Waals surface area contributed by atoms with E-state index in [9.17, 15) is 4.79 Å². The number of ether oxygens (including phenoxy) is 1. The molecule has 0 fully saturated rings. The number of hydrogen-bond acceptors (Lipinski definition) is 2. The summed E-state index contributed by atoms with van der Waals surface area (Å²) in [4.78, 5) is 10.2. The normalized spacial score (nSPS) is 14.1. The van der Waals surface area contributed by atoms with E-state index >= 15 is 0 Å². The average molecular weight is 198 g/mol. The highest BCUT2D eigenvalue weighted by Gasteiger charge is 2.08. The molecule has 0 aliphatic rings. The predicted octanol–water partition coefficient (Wildman–Crippen LogP) is 3.12. The van der Waals surface area contributed by atoms with Crippen LogP contribution in [0.2, 0.25) is 0 Å². The van der Waals surface area contributed by atoms with Crippen molar-refractivity contribution in [3.63, 3.8) is 0 Å². The SMILES string of the molecule is CCCCCC(OC)C(C)=CCC=O. The zero-order chi connectivity index (χ0) is 10.8. The summed E-state index contributed by atoms with van der Waals surface area (Å²) in [7, 11) is 1.73. The zero-order valence-corrected chi connectivity index (χ0v) is 9.58. The summed E-state index contributed by atoms with van der Waals surface area (Å²) in [5, 5.41) is 0. The van der Waals surface area contributed by atoms with Gasteiger partial charge in [0.15, 0.2) is 0 Å². The van der Waals surface area contributed by atoms with Gasteiger partial charge in [-0.15, -0.1) is 0 Å². The lowest BCUT2D eigenvalue weighted by molar-refractivity contribution is -0.107. The second-order valence-electron chi connectivity index (χ2n) is 3.57. The molecule has 0 bridgehead atoms.